The standard InChI is InChI=1S/2C11H15S.C9H10F2O8S2.C6H6O3S/c2*1-3-7-11(8-4-1)12-9-5-2-6-10-12;10-9(11,21(15,16)17)8(12)18-6-3-1-4-5(2-3)20(13,14)19-7(4)6;7-10(8,9)6-4-2-1-3-5-6/h2*1,3-4,7-8H,2,5-6,9-10H2;3-7H,1-2H2,(H,15,16,17);1-5H,(H,7,8,9)/q2*+1;;/p-2. The molecule has 5 aliphatic rings. The van der Waals surface area contributed by atoms with E-state index < -0.39 is 70.9 Å². The molecule has 5 fully saturated rings. The predicted molar refractivity (Wildman–Crippen MR) is 204 cm³/mol. The van der Waals surface area contributed by atoms with Crippen LogP contribution in [0.2, 0.25) is 0 Å². The van der Waals surface area contributed by atoms with Crippen molar-refractivity contribution in [1.29, 1.82) is 0 Å². The second-order valence-corrected chi connectivity index (χ2v) is 22.8. The van der Waals surface area contributed by atoms with Gasteiger partial charge in [-0.05, 0) is 87.8 Å². The topological polar surface area (TPSA) is 184 Å². The highest BCUT2D eigenvalue weighted by atomic mass is 32.2. The van der Waals surface area contributed by atoms with Crippen LogP contribution in [0.3, 0.4) is 0 Å². The number of hydrogen-bond donors (Lipinski definition) is 0. The summed E-state index contributed by atoms with van der Waals surface area (Å²) in [7, 11) is -13.1. The van der Waals surface area contributed by atoms with Gasteiger partial charge in [-0.25, -0.2) is 21.6 Å². The van der Waals surface area contributed by atoms with Crippen molar-refractivity contribution in [3.8, 4) is 0 Å². The molecule has 3 heterocycles. The van der Waals surface area contributed by atoms with Gasteiger partial charge >= 0.3 is 11.2 Å². The minimum absolute atomic E-state index is 0.0944. The SMILES string of the molecule is O=C(OC1C2CC3C1OS(=O)(=O)C3C2)C(F)(F)S(=O)(=O)[O-].O=S(=O)([O-])c1ccccc1.c1ccc([S+]2CCCCC2)cc1.c1ccc([S+]2CCCCC2)cc1. The second kappa shape index (κ2) is 18.8. The largest absolute Gasteiger partial charge is 0.744 e. The van der Waals surface area contributed by atoms with Gasteiger partial charge in [0.25, 0.3) is 10.1 Å². The molecule has 0 radical (unpaired) electrons. The van der Waals surface area contributed by atoms with Gasteiger partial charge in [0.05, 0.1) is 10.1 Å². The summed E-state index contributed by atoms with van der Waals surface area (Å²) in [6, 6.07) is 29.2. The van der Waals surface area contributed by atoms with Crippen molar-refractivity contribution in [2.75, 3.05) is 23.0 Å². The first-order chi connectivity index (χ1) is 26.0. The Labute approximate surface area is 327 Å². The minimum Gasteiger partial charge on any atom is -0.744 e. The highest BCUT2D eigenvalue weighted by Crippen LogP contribution is 2.55. The van der Waals surface area contributed by atoms with E-state index in [1.54, 1.807) is 15.9 Å². The Morgan fingerprint density at radius 1 is 0.709 bits per heavy atom. The lowest BCUT2D eigenvalue weighted by Gasteiger charge is -2.27. The summed E-state index contributed by atoms with van der Waals surface area (Å²) in [5.74, 6) is 2.27. The number of halogens is 2. The van der Waals surface area contributed by atoms with Crippen molar-refractivity contribution in [3.63, 3.8) is 0 Å². The summed E-state index contributed by atoms with van der Waals surface area (Å²) in [6.45, 7) is 0. The van der Waals surface area contributed by atoms with E-state index in [9.17, 15) is 47.9 Å². The zero-order chi connectivity index (χ0) is 39.9. The molecule has 2 bridgehead atoms. The minimum atomic E-state index is -6.21. The van der Waals surface area contributed by atoms with Gasteiger partial charge < -0.3 is 13.8 Å². The fourth-order valence-corrected chi connectivity index (χ4v) is 14.6. The van der Waals surface area contributed by atoms with Crippen molar-refractivity contribution in [2.24, 2.45) is 11.8 Å². The average molecular weight is 863 g/mol. The molecule has 3 aromatic carbocycles. The van der Waals surface area contributed by atoms with E-state index in [0.717, 1.165) is 0 Å². The quantitative estimate of drug-likeness (QED) is 0.133. The summed E-state index contributed by atoms with van der Waals surface area (Å²) in [5, 5.41) is -5.96. The molecule has 2 saturated carbocycles. The number of hydrogen-bond acceptors (Lipinski definition) is 11. The first-order valence-corrected chi connectivity index (χ1v) is 25.3. The summed E-state index contributed by atoms with van der Waals surface area (Å²) in [5.41, 5.74) is 0. The second-order valence-electron chi connectivity index (χ2n) is 13.6. The normalized spacial score (nSPS) is 25.9. The van der Waals surface area contributed by atoms with E-state index >= 15 is 0 Å². The van der Waals surface area contributed by atoms with Crippen LogP contribution in [0.4, 0.5) is 8.78 Å². The lowest BCUT2D eigenvalue weighted by molar-refractivity contribution is -0.173. The number of alkyl halides is 2. The van der Waals surface area contributed by atoms with Crippen LogP contribution in [0.5, 0.6) is 0 Å². The summed E-state index contributed by atoms with van der Waals surface area (Å²) in [4.78, 5) is 14.2. The van der Waals surface area contributed by atoms with Gasteiger partial charge in [0.15, 0.2) is 19.9 Å². The molecule has 3 aliphatic heterocycles. The van der Waals surface area contributed by atoms with Crippen molar-refractivity contribution < 1.29 is 56.9 Å². The Bertz CT molecular complexity index is 1970. The van der Waals surface area contributed by atoms with Crippen molar-refractivity contribution in [3.05, 3.63) is 91.0 Å². The van der Waals surface area contributed by atoms with Gasteiger partial charge in [0.2, 0.25) is 0 Å². The van der Waals surface area contributed by atoms with E-state index in [-0.39, 0.29) is 11.3 Å². The number of fused-ring (bicyclic) bond motifs is 1. The molecule has 8 rings (SSSR count). The van der Waals surface area contributed by atoms with E-state index in [0.29, 0.717) is 28.2 Å². The molecule has 0 amide bonds. The Hall–Kier alpha value is -2.58. The highest BCUT2D eigenvalue weighted by Gasteiger charge is 2.66. The Balaban J connectivity index is 0.000000148. The van der Waals surface area contributed by atoms with Gasteiger partial charge in [-0.2, -0.15) is 17.2 Å². The van der Waals surface area contributed by atoms with E-state index in [4.69, 9.17) is 4.18 Å². The third kappa shape index (κ3) is 11.3. The van der Waals surface area contributed by atoms with Crippen molar-refractivity contribution >= 4 is 58.1 Å². The number of rotatable bonds is 6. The molecular formula is C37H44F2O11S5. The maximum absolute atomic E-state index is 13.1. The summed E-state index contributed by atoms with van der Waals surface area (Å²) in [6.07, 6.45) is 6.72. The van der Waals surface area contributed by atoms with Crippen molar-refractivity contribution in [2.45, 2.75) is 88.8 Å². The fraction of sp³-hybridized carbons (Fsp3) is 0.486. The Kier molecular flexibility index (Phi) is 14.9. The molecule has 11 nitrogen and oxygen atoms in total. The molecule has 3 saturated heterocycles. The first-order valence-electron chi connectivity index (χ1n) is 17.9. The van der Waals surface area contributed by atoms with Crippen LogP contribution in [-0.2, 0) is 65.9 Å². The number of ether oxygens (including phenoxy) is 1. The summed E-state index contributed by atoms with van der Waals surface area (Å²) < 4.78 is 120. The lowest BCUT2D eigenvalue weighted by atomic mass is 9.94. The third-order valence-corrected chi connectivity index (χ3v) is 18.4. The number of esters is 1. The molecule has 302 valence electrons. The van der Waals surface area contributed by atoms with E-state index in [1.807, 2.05) is 0 Å². The van der Waals surface area contributed by atoms with Gasteiger partial charge in [0, 0.05) is 33.6 Å². The van der Waals surface area contributed by atoms with Crippen LogP contribution in [0.15, 0.2) is 106 Å². The average Bonchev–Trinajstić information content (AvgIpc) is 3.81. The van der Waals surface area contributed by atoms with Crippen LogP contribution in [0, 0.1) is 11.8 Å². The van der Waals surface area contributed by atoms with Crippen LogP contribution >= 0.6 is 0 Å². The van der Waals surface area contributed by atoms with Gasteiger partial charge in [0.1, 0.15) is 45.3 Å². The molecule has 5 atom stereocenters. The zero-order valence-corrected chi connectivity index (χ0v) is 33.9. The maximum Gasteiger partial charge on any atom is 0.428 e. The zero-order valence-electron chi connectivity index (χ0n) is 29.8. The molecule has 0 aromatic heterocycles. The van der Waals surface area contributed by atoms with E-state index in [1.165, 1.54) is 85.8 Å². The Morgan fingerprint density at radius 2 is 1.15 bits per heavy atom. The fourth-order valence-electron chi connectivity index (χ4n) is 7.29. The van der Waals surface area contributed by atoms with Gasteiger partial charge in [-0.15, -0.1) is 0 Å². The number of carbonyl (C=O) groups is 1. The highest BCUT2D eigenvalue weighted by molar-refractivity contribution is 7.97. The van der Waals surface area contributed by atoms with Crippen LogP contribution in [0.25, 0.3) is 0 Å². The van der Waals surface area contributed by atoms with Crippen molar-refractivity contribution in [1.82, 2.24) is 0 Å². The Morgan fingerprint density at radius 3 is 1.55 bits per heavy atom. The third-order valence-electron chi connectivity index (χ3n) is 9.96. The molecule has 2 aliphatic carbocycles. The molecule has 5 unspecified atom stereocenters. The summed E-state index contributed by atoms with van der Waals surface area (Å²) >= 11 is 0. The molecular weight excluding hydrogens is 819 g/mol. The molecule has 18 heteroatoms. The van der Waals surface area contributed by atoms with Gasteiger partial charge in [-0.3, -0.25) is 4.18 Å². The molecule has 0 N–H and O–H groups in total. The van der Waals surface area contributed by atoms with Gasteiger partial charge in [-0.1, -0.05) is 54.6 Å². The van der Waals surface area contributed by atoms with Crippen LogP contribution < -0.4 is 0 Å². The smallest absolute Gasteiger partial charge is 0.428 e. The molecule has 3 aromatic rings. The van der Waals surface area contributed by atoms with Crippen LogP contribution in [-0.4, -0.2) is 86.1 Å². The first kappa shape index (κ1) is 43.5. The number of benzene rings is 3. The lowest BCUT2D eigenvalue weighted by Crippen LogP contribution is -2.45. The predicted octanol–water partition coefficient (Wildman–Crippen LogP) is 5.46. The van der Waals surface area contributed by atoms with Crippen LogP contribution in [0.1, 0.15) is 51.4 Å². The number of carbonyl (C=O) groups excluding carboxylic acids is 1. The monoisotopic (exact) mass is 862 g/mol. The maximum atomic E-state index is 13.1. The molecule has 55 heavy (non-hydrogen) atoms. The van der Waals surface area contributed by atoms with E-state index in [2.05, 4.69) is 65.4 Å². The molecule has 0 spiro atoms.